The van der Waals surface area contributed by atoms with Crippen molar-refractivity contribution < 1.29 is 23.5 Å². The van der Waals surface area contributed by atoms with Gasteiger partial charge in [0.25, 0.3) is 0 Å². The number of hydrogen-bond donors (Lipinski definition) is 1. The van der Waals surface area contributed by atoms with Gasteiger partial charge in [0.15, 0.2) is 9.76 Å². The molecule has 104 valence electrons. The van der Waals surface area contributed by atoms with E-state index in [-0.39, 0.29) is 13.2 Å². The number of rotatable bonds is 10. The minimum absolute atomic E-state index is 0.220. The first-order valence-electron chi connectivity index (χ1n) is 5.89. The largest absolute Gasteiger partial charge is 0.462 e. The third-order valence-corrected chi connectivity index (χ3v) is 3.17. The molecule has 0 aliphatic heterocycles. The van der Waals surface area contributed by atoms with E-state index < -0.39 is 21.8 Å². The predicted molar refractivity (Wildman–Crippen MR) is 70.1 cm³/mol. The van der Waals surface area contributed by atoms with Crippen LogP contribution in [0.4, 0.5) is 4.79 Å². The summed E-state index contributed by atoms with van der Waals surface area (Å²) in [7, 11) is 1.30. The van der Waals surface area contributed by atoms with Crippen molar-refractivity contribution in [2.24, 2.45) is 0 Å². The summed E-state index contributed by atoms with van der Waals surface area (Å²) in [6, 6.07) is 1.04. The lowest BCUT2D eigenvalue weighted by Crippen LogP contribution is -2.26. The van der Waals surface area contributed by atoms with Crippen molar-refractivity contribution in [1.29, 1.82) is 0 Å². The van der Waals surface area contributed by atoms with Gasteiger partial charge in [-0.15, -0.1) is 0 Å². The molecule has 0 fully saturated rings. The third-order valence-electron chi connectivity index (χ3n) is 1.98. The number of ether oxygens (including phenoxy) is 2. The van der Waals surface area contributed by atoms with Gasteiger partial charge in [-0.05, 0) is 12.5 Å². The molecule has 0 aromatic carbocycles. The summed E-state index contributed by atoms with van der Waals surface area (Å²) in [4.78, 5) is 21.8. The van der Waals surface area contributed by atoms with Gasteiger partial charge in [0.2, 0.25) is 0 Å². The molecule has 0 atom stereocenters. The van der Waals surface area contributed by atoms with Crippen molar-refractivity contribution in [1.82, 2.24) is 5.32 Å². The number of carbonyl (C=O) groups excluding carboxylic acids is 2. The van der Waals surface area contributed by atoms with E-state index in [1.165, 1.54) is 0 Å². The highest BCUT2D eigenvalue weighted by atomic mass is 28.2. The Kier molecular flexibility index (Phi) is 11.2. The van der Waals surface area contributed by atoms with Crippen LogP contribution in [0, 0.1) is 0 Å². The Morgan fingerprint density at radius 2 is 2.00 bits per heavy atom. The van der Waals surface area contributed by atoms with E-state index in [9.17, 15) is 9.59 Å². The Bertz CT molecular complexity index is 260. The molecule has 1 N–H and O–H groups in total. The number of alkyl carbamates (subject to hydrolysis) is 1. The molecule has 0 unspecified atom stereocenters. The summed E-state index contributed by atoms with van der Waals surface area (Å²) in [5.74, 6) is -0.471. The fourth-order valence-electron chi connectivity index (χ4n) is 1.07. The first-order valence-corrected chi connectivity index (χ1v) is 7.47. The van der Waals surface area contributed by atoms with Crippen LogP contribution in [0.5, 0.6) is 0 Å². The molecule has 1 amide bonds. The molecule has 0 rings (SSSR count). The van der Waals surface area contributed by atoms with E-state index in [1.807, 2.05) is 0 Å². The molecule has 7 heteroatoms. The van der Waals surface area contributed by atoms with Crippen LogP contribution in [0.15, 0.2) is 12.7 Å². The maximum atomic E-state index is 11.2. The van der Waals surface area contributed by atoms with Gasteiger partial charge in [-0.3, -0.25) is 0 Å². The van der Waals surface area contributed by atoms with Crippen LogP contribution in [-0.2, 0) is 18.7 Å². The molecule has 0 heterocycles. The van der Waals surface area contributed by atoms with Crippen molar-refractivity contribution in [3.63, 3.8) is 0 Å². The first-order chi connectivity index (χ1) is 8.70. The Labute approximate surface area is 110 Å². The molecule has 0 saturated heterocycles. The van der Waals surface area contributed by atoms with Crippen molar-refractivity contribution in [2.45, 2.75) is 18.9 Å². The van der Waals surface area contributed by atoms with Crippen LogP contribution in [0.2, 0.25) is 6.04 Å². The Hall–Kier alpha value is -1.34. The molecular formula is C11H21NO5Si. The van der Waals surface area contributed by atoms with Crippen LogP contribution in [0.1, 0.15) is 12.8 Å². The molecule has 0 radical (unpaired) electrons. The van der Waals surface area contributed by atoms with E-state index in [2.05, 4.69) is 11.9 Å². The van der Waals surface area contributed by atoms with Gasteiger partial charge < -0.3 is 19.2 Å². The molecule has 0 bridgehead atoms. The Morgan fingerprint density at radius 3 is 2.67 bits per heavy atom. The highest BCUT2D eigenvalue weighted by Crippen LogP contribution is 1.90. The SMILES string of the molecule is C=CC(=O)OCCCOC(=O)NCCC[SiH2]OC. The summed E-state index contributed by atoms with van der Waals surface area (Å²) < 4.78 is 14.6. The molecule has 0 aliphatic carbocycles. The standard InChI is InChI=1S/C11H21NO5Si/c1-3-10(13)16-7-5-8-17-11(14)12-6-4-9-18-15-2/h3H,1,4-9,18H2,2H3,(H,12,14). The van der Waals surface area contributed by atoms with Gasteiger partial charge in [0, 0.05) is 26.2 Å². The molecule has 0 aromatic rings. The van der Waals surface area contributed by atoms with Crippen molar-refractivity contribution in [3.05, 3.63) is 12.7 Å². The molecule has 6 nitrogen and oxygen atoms in total. The predicted octanol–water partition coefficient (Wildman–Crippen LogP) is 0.370. The summed E-state index contributed by atoms with van der Waals surface area (Å²) in [6.45, 7) is 4.31. The number of hydrogen-bond acceptors (Lipinski definition) is 5. The zero-order chi connectivity index (χ0) is 13.6. The van der Waals surface area contributed by atoms with Crippen LogP contribution < -0.4 is 5.32 Å². The second-order valence-electron chi connectivity index (χ2n) is 3.49. The monoisotopic (exact) mass is 275 g/mol. The fourth-order valence-corrected chi connectivity index (χ4v) is 1.81. The number of amides is 1. The lowest BCUT2D eigenvalue weighted by molar-refractivity contribution is -0.137. The topological polar surface area (TPSA) is 73.9 Å². The summed E-state index contributed by atoms with van der Waals surface area (Å²) >= 11 is 0. The Morgan fingerprint density at radius 1 is 1.28 bits per heavy atom. The molecular weight excluding hydrogens is 254 g/mol. The number of carbonyl (C=O) groups is 2. The zero-order valence-electron chi connectivity index (χ0n) is 10.8. The van der Waals surface area contributed by atoms with Gasteiger partial charge in [0.1, 0.15) is 0 Å². The van der Waals surface area contributed by atoms with E-state index in [1.54, 1.807) is 7.11 Å². The molecule has 0 spiro atoms. The lowest BCUT2D eigenvalue weighted by atomic mass is 10.5. The van der Waals surface area contributed by atoms with Gasteiger partial charge in [-0.2, -0.15) is 0 Å². The fraction of sp³-hybridized carbons (Fsp3) is 0.636. The van der Waals surface area contributed by atoms with Crippen LogP contribution in [0.25, 0.3) is 0 Å². The molecule has 18 heavy (non-hydrogen) atoms. The average Bonchev–Trinajstić information content (AvgIpc) is 2.37. The zero-order valence-corrected chi connectivity index (χ0v) is 12.2. The van der Waals surface area contributed by atoms with Crippen LogP contribution in [0.3, 0.4) is 0 Å². The second kappa shape index (κ2) is 12.1. The van der Waals surface area contributed by atoms with Crippen LogP contribution >= 0.6 is 0 Å². The van der Waals surface area contributed by atoms with Crippen molar-refractivity contribution >= 4 is 21.8 Å². The van der Waals surface area contributed by atoms with E-state index >= 15 is 0 Å². The van der Waals surface area contributed by atoms with Gasteiger partial charge >= 0.3 is 12.1 Å². The minimum Gasteiger partial charge on any atom is -0.462 e. The van der Waals surface area contributed by atoms with E-state index in [4.69, 9.17) is 13.9 Å². The maximum Gasteiger partial charge on any atom is 0.407 e. The van der Waals surface area contributed by atoms with Crippen LogP contribution in [-0.4, -0.2) is 48.7 Å². The van der Waals surface area contributed by atoms with Crippen molar-refractivity contribution in [2.75, 3.05) is 26.9 Å². The highest BCUT2D eigenvalue weighted by molar-refractivity contribution is 6.26. The lowest BCUT2D eigenvalue weighted by Gasteiger charge is -2.06. The van der Waals surface area contributed by atoms with Gasteiger partial charge in [0.05, 0.1) is 13.2 Å². The summed E-state index contributed by atoms with van der Waals surface area (Å²) in [5, 5.41) is 2.63. The molecule has 0 aromatic heterocycles. The highest BCUT2D eigenvalue weighted by Gasteiger charge is 2.01. The minimum atomic E-state index is -0.471. The number of esters is 1. The Balaban J connectivity index is 3.26. The molecule has 0 aliphatic rings. The normalized spacial score (nSPS) is 10.3. The maximum absolute atomic E-state index is 11.2. The average molecular weight is 275 g/mol. The van der Waals surface area contributed by atoms with Crippen molar-refractivity contribution in [3.8, 4) is 0 Å². The van der Waals surface area contributed by atoms with Gasteiger partial charge in [-0.25, -0.2) is 9.59 Å². The first kappa shape index (κ1) is 16.7. The third kappa shape index (κ3) is 11.2. The van der Waals surface area contributed by atoms with E-state index in [0.717, 1.165) is 18.5 Å². The van der Waals surface area contributed by atoms with E-state index in [0.29, 0.717) is 13.0 Å². The quantitative estimate of drug-likeness (QED) is 0.270. The molecule has 0 saturated carbocycles. The number of nitrogens with one attached hydrogen (secondary N) is 1. The smallest absolute Gasteiger partial charge is 0.407 e. The summed E-state index contributed by atoms with van der Waals surface area (Å²) in [5.41, 5.74) is 0. The summed E-state index contributed by atoms with van der Waals surface area (Å²) in [6.07, 6.45) is 2.04. The van der Waals surface area contributed by atoms with Gasteiger partial charge in [-0.1, -0.05) is 6.58 Å². The second-order valence-corrected chi connectivity index (χ2v) is 5.18.